The smallest absolute Gasteiger partial charge is 0.192 e. The lowest BCUT2D eigenvalue weighted by Crippen LogP contribution is -2.18. The van der Waals surface area contributed by atoms with E-state index in [-0.39, 0.29) is 5.49 Å². The van der Waals surface area contributed by atoms with Gasteiger partial charge in [0, 0.05) is 5.02 Å². The summed E-state index contributed by atoms with van der Waals surface area (Å²) in [5.41, 5.74) is 1.89. The van der Waals surface area contributed by atoms with Crippen molar-refractivity contribution in [3.05, 3.63) is 53.0 Å². The first-order valence-corrected chi connectivity index (χ1v) is 5.94. The average Bonchev–Trinajstić information content (AvgIpc) is 2.80. The topological polar surface area (TPSA) is 79.7 Å². The SMILES string of the molecule is N=c1c2ncn(Cc3ccc(Cl)cc3)c2ncn1O. The van der Waals surface area contributed by atoms with Crippen LogP contribution in [-0.4, -0.2) is 24.5 Å². The standard InChI is InChI=1S/C12H10ClN5O/c13-9-3-1-8(2-4-9)5-17-6-15-10-11(14)18(19)7-16-12(10)17/h1-4,6-7,14,19H,5H2. The molecule has 0 radical (unpaired) electrons. The van der Waals surface area contributed by atoms with E-state index in [9.17, 15) is 5.21 Å². The number of hydrogen-bond donors (Lipinski definition) is 2. The molecule has 0 saturated heterocycles. The van der Waals surface area contributed by atoms with Crippen LogP contribution in [0.3, 0.4) is 0 Å². The van der Waals surface area contributed by atoms with Gasteiger partial charge in [0.15, 0.2) is 16.7 Å². The second-order valence-electron chi connectivity index (χ2n) is 4.11. The first-order chi connectivity index (χ1) is 9.15. The zero-order valence-corrected chi connectivity index (χ0v) is 10.5. The Kier molecular flexibility index (Phi) is 2.72. The summed E-state index contributed by atoms with van der Waals surface area (Å²) in [5, 5.41) is 17.7. The number of benzene rings is 1. The van der Waals surface area contributed by atoms with E-state index in [4.69, 9.17) is 17.0 Å². The lowest BCUT2D eigenvalue weighted by atomic mass is 10.2. The number of fused-ring (bicyclic) bond motifs is 1. The molecule has 0 saturated carbocycles. The number of rotatable bonds is 2. The van der Waals surface area contributed by atoms with Crippen LogP contribution in [0.2, 0.25) is 5.02 Å². The largest absolute Gasteiger partial charge is 0.425 e. The van der Waals surface area contributed by atoms with Crippen molar-refractivity contribution in [2.75, 3.05) is 0 Å². The van der Waals surface area contributed by atoms with Gasteiger partial charge in [0.05, 0.1) is 12.9 Å². The molecule has 0 aliphatic rings. The molecule has 0 spiro atoms. The molecule has 2 N–H and O–H groups in total. The summed E-state index contributed by atoms with van der Waals surface area (Å²) in [5.74, 6) is 0. The summed E-state index contributed by atoms with van der Waals surface area (Å²) >= 11 is 5.84. The number of nitrogens with zero attached hydrogens (tertiary/aromatic N) is 4. The molecular formula is C12H10ClN5O. The fourth-order valence-electron chi connectivity index (χ4n) is 1.86. The summed E-state index contributed by atoms with van der Waals surface area (Å²) in [6, 6.07) is 7.48. The molecule has 2 heterocycles. The van der Waals surface area contributed by atoms with Gasteiger partial charge in [-0.25, -0.2) is 9.97 Å². The third kappa shape index (κ3) is 2.06. The Morgan fingerprint density at radius 2 is 1.89 bits per heavy atom. The van der Waals surface area contributed by atoms with Gasteiger partial charge in [-0.3, -0.25) is 5.41 Å². The van der Waals surface area contributed by atoms with Crippen molar-refractivity contribution >= 4 is 22.8 Å². The molecule has 0 fully saturated rings. The molecule has 0 aliphatic carbocycles. The summed E-state index contributed by atoms with van der Waals surface area (Å²) < 4.78 is 2.46. The van der Waals surface area contributed by atoms with Gasteiger partial charge in [-0.05, 0) is 17.7 Å². The fraction of sp³-hybridized carbons (Fsp3) is 0.0833. The molecule has 0 aliphatic heterocycles. The molecule has 19 heavy (non-hydrogen) atoms. The molecule has 2 aromatic heterocycles. The van der Waals surface area contributed by atoms with Crippen molar-refractivity contribution in [2.24, 2.45) is 0 Å². The molecule has 0 amide bonds. The molecular weight excluding hydrogens is 266 g/mol. The van der Waals surface area contributed by atoms with E-state index in [2.05, 4.69) is 9.97 Å². The highest BCUT2D eigenvalue weighted by Gasteiger charge is 2.08. The maximum Gasteiger partial charge on any atom is 0.192 e. The number of hydrogen-bond acceptors (Lipinski definition) is 4. The van der Waals surface area contributed by atoms with Crippen molar-refractivity contribution in [2.45, 2.75) is 6.54 Å². The van der Waals surface area contributed by atoms with Crippen LogP contribution in [0, 0.1) is 5.41 Å². The number of nitrogens with one attached hydrogen (secondary N) is 1. The maximum absolute atomic E-state index is 9.35. The zero-order chi connectivity index (χ0) is 13.4. The number of halogens is 1. The van der Waals surface area contributed by atoms with Gasteiger partial charge in [-0.2, -0.15) is 4.73 Å². The van der Waals surface area contributed by atoms with Gasteiger partial charge in [0.25, 0.3) is 0 Å². The lowest BCUT2D eigenvalue weighted by molar-refractivity contribution is 0.168. The predicted molar refractivity (Wildman–Crippen MR) is 69.1 cm³/mol. The Bertz CT molecular complexity index is 790. The highest BCUT2D eigenvalue weighted by Crippen LogP contribution is 2.12. The van der Waals surface area contributed by atoms with Gasteiger partial charge in [-0.1, -0.05) is 23.7 Å². The minimum atomic E-state index is -0.0835. The maximum atomic E-state index is 9.35. The first kappa shape index (κ1) is 11.7. The Morgan fingerprint density at radius 3 is 2.63 bits per heavy atom. The second kappa shape index (κ2) is 4.40. The summed E-state index contributed by atoms with van der Waals surface area (Å²) in [6.07, 6.45) is 2.79. The van der Waals surface area contributed by atoms with Crippen LogP contribution in [0.5, 0.6) is 0 Å². The van der Waals surface area contributed by atoms with Gasteiger partial charge >= 0.3 is 0 Å². The summed E-state index contributed by atoms with van der Waals surface area (Å²) in [6.45, 7) is 0.579. The van der Waals surface area contributed by atoms with E-state index >= 15 is 0 Å². The van der Waals surface area contributed by atoms with Crippen LogP contribution in [0.1, 0.15) is 5.56 Å². The monoisotopic (exact) mass is 275 g/mol. The van der Waals surface area contributed by atoms with Crippen molar-refractivity contribution < 1.29 is 5.21 Å². The Morgan fingerprint density at radius 1 is 1.16 bits per heavy atom. The Balaban J connectivity index is 2.04. The number of aromatic nitrogens is 4. The Labute approximate surface area is 113 Å². The van der Waals surface area contributed by atoms with Crippen LogP contribution in [0.25, 0.3) is 11.2 Å². The molecule has 6 nitrogen and oxygen atoms in total. The molecule has 3 rings (SSSR count). The highest BCUT2D eigenvalue weighted by molar-refractivity contribution is 6.30. The predicted octanol–water partition coefficient (Wildman–Crippen LogP) is 1.65. The molecule has 0 unspecified atom stereocenters. The van der Waals surface area contributed by atoms with E-state index in [1.54, 1.807) is 6.33 Å². The quantitative estimate of drug-likeness (QED) is 0.698. The fourth-order valence-corrected chi connectivity index (χ4v) is 1.98. The van der Waals surface area contributed by atoms with Crippen LogP contribution in [0.4, 0.5) is 0 Å². The molecule has 3 aromatic rings. The van der Waals surface area contributed by atoms with Crippen LogP contribution in [0.15, 0.2) is 36.9 Å². The van der Waals surface area contributed by atoms with E-state index in [1.165, 1.54) is 6.33 Å². The zero-order valence-electron chi connectivity index (χ0n) is 9.79. The number of imidazole rings is 1. The van der Waals surface area contributed by atoms with E-state index < -0.39 is 0 Å². The van der Waals surface area contributed by atoms with Gasteiger partial charge in [0.1, 0.15) is 6.33 Å². The first-order valence-electron chi connectivity index (χ1n) is 5.56. The van der Waals surface area contributed by atoms with Gasteiger partial charge in [0.2, 0.25) is 0 Å². The average molecular weight is 276 g/mol. The minimum Gasteiger partial charge on any atom is -0.425 e. The van der Waals surface area contributed by atoms with Crippen LogP contribution >= 0.6 is 11.6 Å². The summed E-state index contributed by atoms with van der Waals surface area (Å²) in [4.78, 5) is 8.18. The van der Waals surface area contributed by atoms with Crippen molar-refractivity contribution in [1.82, 2.24) is 19.3 Å². The second-order valence-corrected chi connectivity index (χ2v) is 4.55. The summed E-state index contributed by atoms with van der Waals surface area (Å²) in [7, 11) is 0. The molecule has 96 valence electrons. The molecule has 0 atom stereocenters. The van der Waals surface area contributed by atoms with Crippen LogP contribution < -0.4 is 5.49 Å². The molecule has 0 bridgehead atoms. The van der Waals surface area contributed by atoms with E-state index in [0.29, 0.717) is 27.5 Å². The minimum absolute atomic E-state index is 0.0835. The normalized spacial score (nSPS) is 11.0. The Hall–Kier alpha value is -2.34. The van der Waals surface area contributed by atoms with E-state index in [0.717, 1.165) is 5.56 Å². The van der Waals surface area contributed by atoms with Crippen molar-refractivity contribution in [3.8, 4) is 0 Å². The molecule has 1 aromatic carbocycles. The molecule has 7 heteroatoms. The van der Waals surface area contributed by atoms with E-state index in [1.807, 2.05) is 28.8 Å². The highest BCUT2D eigenvalue weighted by atomic mass is 35.5. The third-order valence-electron chi connectivity index (χ3n) is 2.82. The van der Waals surface area contributed by atoms with Crippen LogP contribution in [-0.2, 0) is 6.54 Å². The van der Waals surface area contributed by atoms with Crippen molar-refractivity contribution in [1.29, 1.82) is 5.41 Å². The van der Waals surface area contributed by atoms with Gasteiger partial charge < -0.3 is 9.77 Å². The third-order valence-corrected chi connectivity index (χ3v) is 3.07. The van der Waals surface area contributed by atoms with Gasteiger partial charge in [-0.15, -0.1) is 0 Å². The lowest BCUT2D eigenvalue weighted by Gasteiger charge is -2.04. The van der Waals surface area contributed by atoms with Crippen molar-refractivity contribution in [3.63, 3.8) is 0 Å².